The van der Waals surface area contributed by atoms with Gasteiger partial charge in [-0.3, -0.25) is 20.1 Å². The number of amidine groups is 1. The van der Waals surface area contributed by atoms with E-state index in [1.54, 1.807) is 18.5 Å². The van der Waals surface area contributed by atoms with Gasteiger partial charge in [0.2, 0.25) is 0 Å². The molecule has 8 nitrogen and oxygen atoms in total. The van der Waals surface area contributed by atoms with Crippen molar-refractivity contribution in [3.05, 3.63) is 40.2 Å². The van der Waals surface area contributed by atoms with Crippen molar-refractivity contribution < 1.29 is 14.4 Å². The fourth-order valence-electron chi connectivity index (χ4n) is 1.43. The Bertz CT molecular complexity index is 434. The molecular formula is C12H18N4O4. The summed E-state index contributed by atoms with van der Waals surface area (Å²) in [5.74, 6) is 0.276. The van der Waals surface area contributed by atoms with Gasteiger partial charge >= 0.3 is 0 Å². The maximum atomic E-state index is 10.6. The van der Waals surface area contributed by atoms with E-state index in [1.807, 2.05) is 6.07 Å². The van der Waals surface area contributed by atoms with Crippen LogP contribution in [0.15, 0.2) is 29.5 Å². The summed E-state index contributed by atoms with van der Waals surface area (Å²) >= 11 is 0. The van der Waals surface area contributed by atoms with Crippen LogP contribution < -0.4 is 5.32 Å². The number of nitro groups is 1. The Labute approximate surface area is 117 Å². The van der Waals surface area contributed by atoms with Gasteiger partial charge in [-0.15, -0.1) is 0 Å². The van der Waals surface area contributed by atoms with Gasteiger partial charge in [-0.05, 0) is 11.6 Å². The van der Waals surface area contributed by atoms with Gasteiger partial charge in [0, 0.05) is 31.5 Å². The third-order valence-electron chi connectivity index (χ3n) is 2.45. The van der Waals surface area contributed by atoms with Crippen molar-refractivity contribution in [2.24, 2.45) is 4.99 Å². The van der Waals surface area contributed by atoms with Gasteiger partial charge in [0.25, 0.3) is 6.54 Å². The van der Waals surface area contributed by atoms with Crippen LogP contribution in [-0.2, 0) is 16.0 Å². The van der Waals surface area contributed by atoms with Gasteiger partial charge in [-0.1, -0.05) is 6.07 Å². The number of hydrogen-bond acceptors (Lipinski definition) is 6. The SMILES string of the molecule is COC(CNC(C[N+](=O)[O-])=NCc1cccnc1)OC. The molecule has 20 heavy (non-hydrogen) atoms. The van der Waals surface area contributed by atoms with Crippen molar-refractivity contribution in [1.29, 1.82) is 0 Å². The normalized spacial score (nSPS) is 11.7. The molecular weight excluding hydrogens is 264 g/mol. The predicted molar refractivity (Wildman–Crippen MR) is 73.0 cm³/mol. The highest BCUT2D eigenvalue weighted by Crippen LogP contribution is 1.98. The van der Waals surface area contributed by atoms with E-state index in [0.29, 0.717) is 6.54 Å². The number of nitrogens with zero attached hydrogens (tertiary/aromatic N) is 3. The zero-order chi connectivity index (χ0) is 14.8. The minimum absolute atomic E-state index is 0.276. The van der Waals surface area contributed by atoms with E-state index in [1.165, 1.54) is 14.2 Å². The standard InChI is InChI=1S/C12H18N4O4/c1-19-12(20-2)8-15-11(9-16(17)18)14-7-10-4-3-5-13-6-10/h3-6,12H,7-9H2,1-2H3,(H,14,15). The molecule has 0 aliphatic heterocycles. The van der Waals surface area contributed by atoms with Gasteiger partial charge in [-0.25, -0.2) is 0 Å². The highest BCUT2D eigenvalue weighted by atomic mass is 16.7. The molecule has 0 aromatic carbocycles. The van der Waals surface area contributed by atoms with Crippen molar-refractivity contribution in [3.63, 3.8) is 0 Å². The monoisotopic (exact) mass is 282 g/mol. The van der Waals surface area contributed by atoms with E-state index in [2.05, 4.69) is 15.3 Å². The molecule has 0 spiro atoms. The molecule has 0 amide bonds. The van der Waals surface area contributed by atoms with Crippen LogP contribution in [0.1, 0.15) is 5.56 Å². The van der Waals surface area contributed by atoms with Crippen LogP contribution in [0.4, 0.5) is 0 Å². The Morgan fingerprint density at radius 1 is 1.55 bits per heavy atom. The van der Waals surface area contributed by atoms with Gasteiger partial charge < -0.3 is 14.8 Å². The minimum Gasteiger partial charge on any atom is -0.363 e. The van der Waals surface area contributed by atoms with Crippen molar-refractivity contribution >= 4 is 5.84 Å². The minimum atomic E-state index is -0.481. The van der Waals surface area contributed by atoms with E-state index < -0.39 is 11.2 Å². The third kappa shape index (κ3) is 6.21. The second kappa shape index (κ2) is 8.94. The highest BCUT2D eigenvalue weighted by Gasteiger charge is 2.11. The van der Waals surface area contributed by atoms with Crippen LogP contribution in [0, 0.1) is 10.1 Å². The van der Waals surface area contributed by atoms with E-state index in [0.717, 1.165) is 5.56 Å². The van der Waals surface area contributed by atoms with Crippen LogP contribution in [0.5, 0.6) is 0 Å². The number of aliphatic imine (C=N–C) groups is 1. The van der Waals surface area contributed by atoms with Crippen LogP contribution in [0.3, 0.4) is 0 Å². The lowest BCUT2D eigenvalue weighted by Crippen LogP contribution is -2.37. The summed E-state index contributed by atoms with van der Waals surface area (Å²) in [4.78, 5) is 18.3. The Morgan fingerprint density at radius 3 is 2.85 bits per heavy atom. The fourth-order valence-corrected chi connectivity index (χ4v) is 1.43. The first-order valence-corrected chi connectivity index (χ1v) is 5.99. The number of pyridine rings is 1. The van der Waals surface area contributed by atoms with Gasteiger partial charge in [0.05, 0.1) is 13.1 Å². The molecule has 0 bridgehead atoms. The molecule has 110 valence electrons. The summed E-state index contributed by atoms with van der Waals surface area (Å²) in [5.41, 5.74) is 0.880. The summed E-state index contributed by atoms with van der Waals surface area (Å²) in [5, 5.41) is 13.5. The van der Waals surface area contributed by atoms with E-state index in [-0.39, 0.29) is 18.9 Å². The number of rotatable bonds is 8. The molecule has 0 saturated heterocycles. The molecule has 1 aromatic heterocycles. The lowest BCUT2D eigenvalue weighted by atomic mass is 10.3. The van der Waals surface area contributed by atoms with Crippen LogP contribution >= 0.6 is 0 Å². The summed E-state index contributed by atoms with van der Waals surface area (Å²) in [7, 11) is 2.99. The Hall–Kier alpha value is -2.06. The summed E-state index contributed by atoms with van der Waals surface area (Å²) < 4.78 is 10.00. The largest absolute Gasteiger partial charge is 0.363 e. The first-order chi connectivity index (χ1) is 9.65. The Kier molecular flexibility index (Phi) is 7.15. The molecule has 0 aliphatic rings. The van der Waals surface area contributed by atoms with Crippen LogP contribution in [0.25, 0.3) is 0 Å². The molecule has 1 rings (SSSR count). The lowest BCUT2D eigenvalue weighted by molar-refractivity contribution is -0.463. The molecule has 8 heteroatoms. The maximum Gasteiger partial charge on any atom is 0.259 e. The molecule has 1 N–H and O–H groups in total. The number of ether oxygens (including phenoxy) is 2. The second-order valence-corrected chi connectivity index (χ2v) is 3.90. The Morgan fingerprint density at radius 2 is 2.30 bits per heavy atom. The number of aromatic nitrogens is 1. The second-order valence-electron chi connectivity index (χ2n) is 3.90. The number of hydrogen-bond donors (Lipinski definition) is 1. The predicted octanol–water partition coefficient (Wildman–Crippen LogP) is 0.465. The molecule has 0 fully saturated rings. The molecule has 1 heterocycles. The van der Waals surface area contributed by atoms with Crippen LogP contribution in [0.2, 0.25) is 0 Å². The van der Waals surface area contributed by atoms with Crippen molar-refractivity contribution in [2.45, 2.75) is 12.8 Å². The van der Waals surface area contributed by atoms with Crippen molar-refractivity contribution in [3.8, 4) is 0 Å². The molecule has 0 aliphatic carbocycles. The molecule has 0 unspecified atom stereocenters. The zero-order valence-corrected chi connectivity index (χ0v) is 11.5. The van der Waals surface area contributed by atoms with Gasteiger partial charge in [-0.2, -0.15) is 0 Å². The zero-order valence-electron chi connectivity index (χ0n) is 11.5. The summed E-state index contributed by atoms with van der Waals surface area (Å²) in [6.45, 7) is 0.238. The lowest BCUT2D eigenvalue weighted by Gasteiger charge is -2.14. The Balaban J connectivity index is 2.61. The third-order valence-corrected chi connectivity index (χ3v) is 2.45. The first kappa shape index (κ1) is 16.0. The number of nitrogens with one attached hydrogen (secondary N) is 1. The summed E-state index contributed by atoms with van der Waals surface area (Å²) in [6, 6.07) is 3.64. The quantitative estimate of drug-likeness (QED) is 0.244. The van der Waals surface area contributed by atoms with E-state index >= 15 is 0 Å². The summed E-state index contributed by atoms with van der Waals surface area (Å²) in [6.07, 6.45) is 2.84. The van der Waals surface area contributed by atoms with Crippen molar-refractivity contribution in [2.75, 3.05) is 27.3 Å². The molecule has 1 aromatic rings. The van der Waals surface area contributed by atoms with Gasteiger partial charge in [0.15, 0.2) is 12.1 Å². The van der Waals surface area contributed by atoms with E-state index in [4.69, 9.17) is 9.47 Å². The first-order valence-electron chi connectivity index (χ1n) is 5.99. The van der Waals surface area contributed by atoms with E-state index in [9.17, 15) is 10.1 Å². The molecule has 0 atom stereocenters. The molecule has 0 radical (unpaired) electrons. The average molecular weight is 282 g/mol. The maximum absolute atomic E-state index is 10.6. The highest BCUT2D eigenvalue weighted by molar-refractivity contribution is 5.83. The van der Waals surface area contributed by atoms with Crippen LogP contribution in [-0.4, -0.2) is 49.3 Å². The van der Waals surface area contributed by atoms with Gasteiger partial charge in [0.1, 0.15) is 0 Å². The fraction of sp³-hybridized carbons (Fsp3) is 0.500. The number of methoxy groups -OCH3 is 2. The topological polar surface area (TPSA) is 98.9 Å². The molecule has 0 saturated carbocycles. The average Bonchev–Trinajstić information content (AvgIpc) is 2.46. The smallest absolute Gasteiger partial charge is 0.259 e. The van der Waals surface area contributed by atoms with Crippen molar-refractivity contribution in [1.82, 2.24) is 10.3 Å².